The van der Waals surface area contributed by atoms with Crippen molar-refractivity contribution in [2.24, 2.45) is 0 Å². The fourth-order valence-corrected chi connectivity index (χ4v) is 2.12. The van der Waals surface area contributed by atoms with Crippen molar-refractivity contribution in [3.05, 3.63) is 60.7 Å². The molecule has 0 unspecified atom stereocenters. The third kappa shape index (κ3) is 2.70. The average molecular weight is 333 g/mol. The molecule has 6 heteroatoms. The van der Waals surface area contributed by atoms with Gasteiger partial charge in [0, 0.05) is 10.7 Å². The molecule has 0 saturated carbocycles. The van der Waals surface area contributed by atoms with Crippen LogP contribution in [-0.4, -0.2) is 15.6 Å². The second-order valence-corrected chi connectivity index (χ2v) is 4.34. The van der Waals surface area contributed by atoms with E-state index < -0.39 is 0 Å². The standard InChI is InChI=1S/C14H13N4O.BrH/c15-17-9-16-18(10-17)8-14(19)13-7-3-5-11-4-1-2-6-12(11)13;/h1-7,9-10H,8,15H2;1H/q+1;/p-1. The third-order valence-electron chi connectivity index (χ3n) is 3.00. The molecule has 0 radical (unpaired) electrons. The zero-order chi connectivity index (χ0) is 13.2. The van der Waals surface area contributed by atoms with Gasteiger partial charge in [0.1, 0.15) is 0 Å². The highest BCUT2D eigenvalue weighted by Crippen LogP contribution is 2.19. The number of hydrogen-bond acceptors (Lipinski definition) is 3. The molecule has 0 saturated heterocycles. The molecule has 0 atom stereocenters. The monoisotopic (exact) mass is 332 g/mol. The van der Waals surface area contributed by atoms with Crippen molar-refractivity contribution in [2.75, 3.05) is 5.84 Å². The van der Waals surface area contributed by atoms with Gasteiger partial charge in [0.25, 0.3) is 6.33 Å². The van der Waals surface area contributed by atoms with Crippen molar-refractivity contribution < 1.29 is 26.5 Å². The van der Waals surface area contributed by atoms with Gasteiger partial charge in [0.15, 0.2) is 6.54 Å². The Morgan fingerprint density at radius 3 is 2.70 bits per heavy atom. The molecule has 0 amide bonds. The van der Waals surface area contributed by atoms with E-state index in [9.17, 15) is 4.79 Å². The molecule has 2 aromatic carbocycles. The summed E-state index contributed by atoms with van der Waals surface area (Å²) in [4.78, 5) is 12.3. The number of carbonyl (C=O) groups is 1. The third-order valence-corrected chi connectivity index (χ3v) is 3.00. The number of fused-ring (bicyclic) bond motifs is 1. The lowest BCUT2D eigenvalue weighted by molar-refractivity contribution is -0.639. The zero-order valence-electron chi connectivity index (χ0n) is 10.6. The Kier molecular flexibility index (Phi) is 4.14. The van der Waals surface area contributed by atoms with Gasteiger partial charge in [-0.25, -0.2) is 0 Å². The van der Waals surface area contributed by atoms with E-state index in [2.05, 4.69) is 5.10 Å². The number of halogens is 1. The molecule has 3 aromatic rings. The van der Waals surface area contributed by atoms with Crippen LogP contribution in [0.25, 0.3) is 10.8 Å². The van der Waals surface area contributed by atoms with Crippen LogP contribution < -0.4 is 27.5 Å². The van der Waals surface area contributed by atoms with E-state index in [4.69, 9.17) is 5.84 Å². The number of nitrogens with zero attached hydrogens (tertiary/aromatic N) is 3. The predicted octanol–water partition coefficient (Wildman–Crippen LogP) is -2.08. The maximum atomic E-state index is 12.3. The van der Waals surface area contributed by atoms with Crippen LogP contribution in [-0.2, 0) is 6.54 Å². The number of aromatic nitrogens is 3. The maximum absolute atomic E-state index is 12.3. The molecule has 1 heterocycles. The summed E-state index contributed by atoms with van der Waals surface area (Å²) in [6.45, 7) is 0.179. The number of hydrogen-bond donors (Lipinski definition) is 1. The quantitative estimate of drug-likeness (QED) is 0.340. The number of benzene rings is 2. The van der Waals surface area contributed by atoms with Crippen LogP contribution >= 0.6 is 0 Å². The number of rotatable bonds is 3. The second kappa shape index (κ2) is 5.83. The summed E-state index contributed by atoms with van der Waals surface area (Å²) in [6.07, 6.45) is 3.03. The maximum Gasteiger partial charge on any atom is 0.286 e. The summed E-state index contributed by atoms with van der Waals surface area (Å²) in [5, 5.41) is 6.01. The summed E-state index contributed by atoms with van der Waals surface area (Å²) >= 11 is 0. The number of Topliss-reactive ketones (excluding diaryl/α,β-unsaturated/α-hetero) is 1. The Hall–Kier alpha value is -2.21. The summed E-state index contributed by atoms with van der Waals surface area (Å²) in [7, 11) is 0. The first-order valence-corrected chi connectivity index (χ1v) is 5.94. The van der Waals surface area contributed by atoms with Crippen molar-refractivity contribution in [3.63, 3.8) is 0 Å². The van der Waals surface area contributed by atoms with Crippen LogP contribution in [0, 0.1) is 0 Å². The zero-order valence-corrected chi connectivity index (χ0v) is 12.2. The Morgan fingerprint density at radius 2 is 1.95 bits per heavy atom. The van der Waals surface area contributed by atoms with E-state index in [0.717, 1.165) is 10.8 Å². The van der Waals surface area contributed by atoms with Crippen molar-refractivity contribution in [1.29, 1.82) is 0 Å². The van der Waals surface area contributed by atoms with E-state index in [1.54, 1.807) is 6.33 Å². The van der Waals surface area contributed by atoms with Crippen LogP contribution in [0.1, 0.15) is 10.4 Å². The molecule has 0 bridgehead atoms. The van der Waals surface area contributed by atoms with Gasteiger partial charge < -0.3 is 17.0 Å². The topological polar surface area (TPSA) is 64.8 Å². The molecule has 2 N–H and O–H groups in total. The first kappa shape index (κ1) is 14.2. The molecular weight excluding hydrogens is 320 g/mol. The Labute approximate surface area is 126 Å². The van der Waals surface area contributed by atoms with Gasteiger partial charge in [0.2, 0.25) is 12.1 Å². The summed E-state index contributed by atoms with van der Waals surface area (Å²) in [6, 6.07) is 13.6. The second-order valence-electron chi connectivity index (χ2n) is 4.34. The van der Waals surface area contributed by atoms with Crippen LogP contribution in [0.2, 0.25) is 0 Å². The van der Waals surface area contributed by atoms with Crippen LogP contribution in [0.5, 0.6) is 0 Å². The minimum atomic E-state index is 0. The lowest BCUT2D eigenvalue weighted by Crippen LogP contribution is -3.00. The van der Waals surface area contributed by atoms with Gasteiger partial charge in [0.05, 0.1) is 0 Å². The molecule has 0 spiro atoms. The molecule has 0 fully saturated rings. The summed E-state index contributed by atoms with van der Waals surface area (Å²) in [5.74, 6) is 5.52. The van der Waals surface area contributed by atoms with Crippen molar-refractivity contribution in [3.8, 4) is 0 Å². The first-order valence-electron chi connectivity index (χ1n) is 5.94. The Balaban J connectivity index is 0.00000147. The minimum absolute atomic E-state index is 0. The van der Waals surface area contributed by atoms with Gasteiger partial charge in [-0.1, -0.05) is 42.5 Å². The summed E-state index contributed by atoms with van der Waals surface area (Å²) < 4.78 is 2.83. The smallest absolute Gasteiger partial charge is 0.286 e. The molecule has 3 rings (SSSR count). The van der Waals surface area contributed by atoms with Crippen molar-refractivity contribution in [1.82, 2.24) is 9.78 Å². The van der Waals surface area contributed by atoms with Gasteiger partial charge in [-0.05, 0) is 10.8 Å². The minimum Gasteiger partial charge on any atom is -1.00 e. The SMILES string of the molecule is N[n+]1cnn(CC(=O)c2cccc3ccccc23)c1.[Br-]. The van der Waals surface area contributed by atoms with E-state index in [1.807, 2.05) is 42.5 Å². The first-order chi connectivity index (χ1) is 9.24. The van der Waals surface area contributed by atoms with E-state index in [-0.39, 0.29) is 29.3 Å². The lowest BCUT2D eigenvalue weighted by Gasteiger charge is -2.03. The number of nitrogen functional groups attached to an aromatic ring is 1. The van der Waals surface area contributed by atoms with Gasteiger partial charge in [-0.15, -0.1) is 9.36 Å². The van der Waals surface area contributed by atoms with Gasteiger partial charge >= 0.3 is 0 Å². The van der Waals surface area contributed by atoms with E-state index in [0.29, 0.717) is 5.56 Å². The lowest BCUT2D eigenvalue weighted by atomic mass is 10.0. The van der Waals surface area contributed by atoms with E-state index in [1.165, 1.54) is 15.7 Å². The highest BCUT2D eigenvalue weighted by molar-refractivity contribution is 6.07. The van der Waals surface area contributed by atoms with Gasteiger partial charge in [-0.2, -0.15) is 0 Å². The molecule has 0 aliphatic carbocycles. The molecule has 102 valence electrons. The molecule has 0 aliphatic heterocycles. The molecular formula is C14H13BrN4O. The van der Waals surface area contributed by atoms with Crippen molar-refractivity contribution >= 4 is 16.6 Å². The van der Waals surface area contributed by atoms with Crippen molar-refractivity contribution in [2.45, 2.75) is 6.54 Å². The van der Waals surface area contributed by atoms with Gasteiger partial charge in [-0.3, -0.25) is 10.6 Å². The van der Waals surface area contributed by atoms with Crippen LogP contribution in [0.4, 0.5) is 0 Å². The Bertz CT molecular complexity index is 748. The van der Waals surface area contributed by atoms with E-state index >= 15 is 0 Å². The molecule has 1 aromatic heterocycles. The van der Waals surface area contributed by atoms with Crippen LogP contribution in [0.15, 0.2) is 55.1 Å². The molecule has 20 heavy (non-hydrogen) atoms. The predicted molar refractivity (Wildman–Crippen MR) is 70.9 cm³/mol. The fraction of sp³-hybridized carbons (Fsp3) is 0.0714. The van der Waals surface area contributed by atoms with Crippen LogP contribution in [0.3, 0.4) is 0 Å². The number of ketones is 1. The molecule has 0 aliphatic rings. The summed E-state index contributed by atoms with van der Waals surface area (Å²) in [5.41, 5.74) is 0.706. The average Bonchev–Trinajstić information content (AvgIpc) is 2.83. The largest absolute Gasteiger partial charge is 1.00 e. The normalized spacial score (nSPS) is 10.2. The highest BCUT2D eigenvalue weighted by atomic mass is 79.9. The highest BCUT2D eigenvalue weighted by Gasteiger charge is 2.14. The fourth-order valence-electron chi connectivity index (χ4n) is 2.12. The molecule has 5 nitrogen and oxygen atoms in total. The number of carbonyl (C=O) groups excluding carboxylic acids is 1. The number of nitrogens with two attached hydrogens (primary N) is 1. The Morgan fingerprint density at radius 1 is 1.20 bits per heavy atom.